The van der Waals surface area contributed by atoms with Crippen LogP contribution in [0.15, 0.2) is 29.8 Å². The Morgan fingerprint density at radius 2 is 2.40 bits per heavy atom. The van der Waals surface area contributed by atoms with Crippen LogP contribution in [0.2, 0.25) is 0 Å². The SMILES string of the molecule is CCNC1CCCc2ccc(OCc3nccs3)cc21. The molecule has 0 saturated carbocycles. The van der Waals surface area contributed by atoms with E-state index < -0.39 is 0 Å². The van der Waals surface area contributed by atoms with Crippen molar-refractivity contribution in [3.05, 3.63) is 45.9 Å². The van der Waals surface area contributed by atoms with E-state index >= 15 is 0 Å². The molecule has 0 bridgehead atoms. The van der Waals surface area contributed by atoms with Crippen molar-refractivity contribution in [2.45, 2.75) is 38.8 Å². The maximum atomic E-state index is 5.86. The summed E-state index contributed by atoms with van der Waals surface area (Å²) in [7, 11) is 0. The highest BCUT2D eigenvalue weighted by atomic mass is 32.1. The van der Waals surface area contributed by atoms with E-state index in [9.17, 15) is 0 Å². The highest BCUT2D eigenvalue weighted by Crippen LogP contribution is 2.32. The fraction of sp³-hybridized carbons (Fsp3) is 0.438. The molecule has 1 aliphatic rings. The summed E-state index contributed by atoms with van der Waals surface area (Å²) < 4.78 is 5.86. The molecule has 20 heavy (non-hydrogen) atoms. The highest BCUT2D eigenvalue weighted by Gasteiger charge is 2.19. The van der Waals surface area contributed by atoms with Gasteiger partial charge < -0.3 is 10.1 Å². The van der Waals surface area contributed by atoms with Crippen molar-refractivity contribution in [1.29, 1.82) is 0 Å². The molecule has 1 aliphatic carbocycles. The number of ether oxygens (including phenoxy) is 1. The molecular weight excluding hydrogens is 268 g/mol. The molecule has 1 aromatic heterocycles. The molecule has 0 radical (unpaired) electrons. The van der Waals surface area contributed by atoms with E-state index in [0.29, 0.717) is 12.6 Å². The molecule has 2 aromatic rings. The molecule has 106 valence electrons. The molecule has 0 saturated heterocycles. The standard InChI is InChI=1S/C16H20N2OS/c1-2-17-15-5-3-4-12-6-7-13(10-14(12)15)19-11-16-18-8-9-20-16/h6-10,15,17H,2-5,11H2,1H3. The Labute approximate surface area is 124 Å². The first-order valence-electron chi connectivity index (χ1n) is 7.24. The van der Waals surface area contributed by atoms with E-state index in [0.717, 1.165) is 17.3 Å². The molecule has 0 fully saturated rings. The predicted molar refractivity (Wildman–Crippen MR) is 82.2 cm³/mol. The number of nitrogens with one attached hydrogen (secondary N) is 1. The Balaban J connectivity index is 1.74. The number of aromatic nitrogens is 1. The zero-order chi connectivity index (χ0) is 13.8. The molecule has 0 amide bonds. The number of benzene rings is 1. The number of hydrogen-bond acceptors (Lipinski definition) is 4. The Hall–Kier alpha value is -1.39. The summed E-state index contributed by atoms with van der Waals surface area (Å²) in [5.41, 5.74) is 2.87. The van der Waals surface area contributed by atoms with Crippen molar-refractivity contribution in [1.82, 2.24) is 10.3 Å². The van der Waals surface area contributed by atoms with Crippen LogP contribution in [-0.4, -0.2) is 11.5 Å². The van der Waals surface area contributed by atoms with Gasteiger partial charge in [-0.3, -0.25) is 0 Å². The van der Waals surface area contributed by atoms with Crippen LogP contribution in [0.25, 0.3) is 0 Å². The van der Waals surface area contributed by atoms with E-state index in [-0.39, 0.29) is 0 Å². The lowest BCUT2D eigenvalue weighted by molar-refractivity contribution is 0.304. The van der Waals surface area contributed by atoms with Crippen LogP contribution in [-0.2, 0) is 13.0 Å². The maximum Gasteiger partial charge on any atom is 0.140 e. The van der Waals surface area contributed by atoms with Crippen LogP contribution < -0.4 is 10.1 Å². The molecule has 1 N–H and O–H groups in total. The van der Waals surface area contributed by atoms with Gasteiger partial charge >= 0.3 is 0 Å². The minimum absolute atomic E-state index is 0.479. The van der Waals surface area contributed by atoms with Gasteiger partial charge in [0.1, 0.15) is 17.4 Å². The summed E-state index contributed by atoms with van der Waals surface area (Å²) in [5.74, 6) is 0.948. The van der Waals surface area contributed by atoms with Crippen molar-refractivity contribution >= 4 is 11.3 Å². The van der Waals surface area contributed by atoms with Crippen molar-refractivity contribution in [2.24, 2.45) is 0 Å². The fourth-order valence-electron chi connectivity index (χ4n) is 2.79. The number of fused-ring (bicyclic) bond motifs is 1. The predicted octanol–water partition coefficient (Wildman–Crippen LogP) is 3.71. The van der Waals surface area contributed by atoms with Gasteiger partial charge in [-0.2, -0.15) is 0 Å². The van der Waals surface area contributed by atoms with Crippen LogP contribution in [0.1, 0.15) is 41.9 Å². The van der Waals surface area contributed by atoms with E-state index in [1.54, 1.807) is 11.3 Å². The van der Waals surface area contributed by atoms with Crippen molar-refractivity contribution in [3.63, 3.8) is 0 Å². The van der Waals surface area contributed by atoms with E-state index in [1.807, 2.05) is 11.6 Å². The molecule has 1 heterocycles. The topological polar surface area (TPSA) is 34.1 Å². The summed E-state index contributed by atoms with van der Waals surface area (Å²) in [6, 6.07) is 6.99. The lowest BCUT2D eigenvalue weighted by atomic mass is 9.87. The van der Waals surface area contributed by atoms with Gasteiger partial charge in [0.2, 0.25) is 0 Å². The Kier molecular flexibility index (Phi) is 4.33. The van der Waals surface area contributed by atoms with E-state index in [1.165, 1.54) is 30.4 Å². The Morgan fingerprint density at radius 1 is 1.45 bits per heavy atom. The molecule has 1 aromatic carbocycles. The van der Waals surface area contributed by atoms with Crippen LogP contribution in [0.3, 0.4) is 0 Å². The second kappa shape index (κ2) is 6.37. The van der Waals surface area contributed by atoms with Gasteiger partial charge in [0.05, 0.1) is 0 Å². The minimum atomic E-state index is 0.479. The van der Waals surface area contributed by atoms with Gasteiger partial charge in [-0.1, -0.05) is 13.0 Å². The lowest BCUT2D eigenvalue weighted by Crippen LogP contribution is -2.24. The van der Waals surface area contributed by atoms with Crippen LogP contribution in [0.4, 0.5) is 0 Å². The number of rotatable bonds is 5. The zero-order valence-corrected chi connectivity index (χ0v) is 12.6. The van der Waals surface area contributed by atoms with Gasteiger partial charge in [-0.05, 0) is 49.1 Å². The smallest absolute Gasteiger partial charge is 0.140 e. The van der Waals surface area contributed by atoms with Gasteiger partial charge in [0.25, 0.3) is 0 Å². The molecule has 0 spiro atoms. The zero-order valence-electron chi connectivity index (χ0n) is 11.8. The van der Waals surface area contributed by atoms with Gasteiger partial charge in [-0.15, -0.1) is 11.3 Å². The third kappa shape index (κ3) is 3.02. The second-order valence-electron chi connectivity index (χ2n) is 5.08. The first-order chi connectivity index (χ1) is 9.86. The summed E-state index contributed by atoms with van der Waals surface area (Å²) in [6.07, 6.45) is 5.49. The Bertz CT molecular complexity index is 554. The summed E-state index contributed by atoms with van der Waals surface area (Å²) in [4.78, 5) is 4.24. The van der Waals surface area contributed by atoms with E-state index in [2.05, 4.69) is 35.4 Å². The maximum absolute atomic E-state index is 5.86. The number of nitrogens with zero attached hydrogens (tertiary/aromatic N) is 1. The third-order valence-electron chi connectivity index (χ3n) is 3.73. The fourth-order valence-corrected chi connectivity index (χ4v) is 3.32. The van der Waals surface area contributed by atoms with Crippen LogP contribution in [0, 0.1) is 0 Å². The third-order valence-corrected chi connectivity index (χ3v) is 4.48. The molecule has 3 rings (SSSR count). The van der Waals surface area contributed by atoms with Gasteiger partial charge in [-0.25, -0.2) is 4.98 Å². The molecule has 4 heteroatoms. The number of aryl methyl sites for hydroxylation is 1. The molecule has 0 aliphatic heterocycles. The van der Waals surface area contributed by atoms with Gasteiger partial charge in [0, 0.05) is 17.6 Å². The van der Waals surface area contributed by atoms with Gasteiger partial charge in [0.15, 0.2) is 0 Å². The van der Waals surface area contributed by atoms with Crippen LogP contribution in [0.5, 0.6) is 5.75 Å². The summed E-state index contributed by atoms with van der Waals surface area (Å²) in [6.45, 7) is 3.73. The number of thiazole rings is 1. The van der Waals surface area contributed by atoms with Crippen LogP contribution >= 0.6 is 11.3 Å². The number of hydrogen-bond donors (Lipinski definition) is 1. The van der Waals surface area contributed by atoms with Crippen molar-refractivity contribution in [3.8, 4) is 5.75 Å². The van der Waals surface area contributed by atoms with Crippen molar-refractivity contribution < 1.29 is 4.74 Å². The molecular formula is C16H20N2OS. The summed E-state index contributed by atoms with van der Waals surface area (Å²) >= 11 is 1.63. The summed E-state index contributed by atoms with van der Waals surface area (Å²) in [5, 5.41) is 6.57. The first-order valence-corrected chi connectivity index (χ1v) is 8.12. The van der Waals surface area contributed by atoms with Crippen molar-refractivity contribution in [2.75, 3.05) is 6.54 Å². The molecule has 1 unspecified atom stereocenters. The molecule has 1 atom stereocenters. The molecule has 3 nitrogen and oxygen atoms in total. The monoisotopic (exact) mass is 288 g/mol. The quantitative estimate of drug-likeness (QED) is 0.910. The second-order valence-corrected chi connectivity index (χ2v) is 6.06. The van der Waals surface area contributed by atoms with E-state index in [4.69, 9.17) is 4.74 Å². The largest absolute Gasteiger partial charge is 0.486 e. The average molecular weight is 288 g/mol. The first kappa shape index (κ1) is 13.6. The average Bonchev–Trinajstić information content (AvgIpc) is 2.99. The Morgan fingerprint density at radius 3 is 3.20 bits per heavy atom. The minimum Gasteiger partial charge on any atom is -0.486 e. The highest BCUT2D eigenvalue weighted by molar-refractivity contribution is 7.09. The lowest BCUT2D eigenvalue weighted by Gasteiger charge is -2.26. The normalized spacial score (nSPS) is 17.8.